The minimum atomic E-state index is -0.314. The number of hydrogen-bond acceptors (Lipinski definition) is 3. The van der Waals surface area contributed by atoms with Gasteiger partial charge in [0.1, 0.15) is 0 Å². The molecule has 1 aromatic carbocycles. The van der Waals surface area contributed by atoms with Gasteiger partial charge in [0.2, 0.25) is 0 Å². The molecule has 0 aromatic heterocycles. The van der Waals surface area contributed by atoms with Crippen molar-refractivity contribution < 1.29 is 14.6 Å². The lowest BCUT2D eigenvalue weighted by atomic mass is 10.0. The van der Waals surface area contributed by atoms with E-state index in [2.05, 4.69) is 0 Å². The zero-order valence-electron chi connectivity index (χ0n) is 9.77. The second-order valence-electron chi connectivity index (χ2n) is 3.81. The molecule has 1 unspecified atom stereocenters. The van der Waals surface area contributed by atoms with Crippen LogP contribution < -0.4 is 0 Å². The normalized spacial score (nSPS) is 12.2. The van der Waals surface area contributed by atoms with Gasteiger partial charge in [-0.3, -0.25) is 0 Å². The summed E-state index contributed by atoms with van der Waals surface area (Å²) in [4.78, 5) is 11.5. The van der Waals surface area contributed by atoms with E-state index in [1.165, 1.54) is 0 Å². The number of aliphatic hydroxyl groups is 1. The van der Waals surface area contributed by atoms with E-state index in [0.29, 0.717) is 18.6 Å². The second-order valence-corrected chi connectivity index (χ2v) is 3.81. The number of ether oxygens (including phenoxy) is 1. The van der Waals surface area contributed by atoms with E-state index in [4.69, 9.17) is 4.74 Å². The molecular weight excluding hydrogens is 204 g/mol. The molecule has 0 saturated carbocycles. The highest BCUT2D eigenvalue weighted by Gasteiger charge is 2.06. The van der Waals surface area contributed by atoms with E-state index in [1.807, 2.05) is 18.2 Å². The summed E-state index contributed by atoms with van der Waals surface area (Å²) in [6, 6.07) is 7.35. The molecule has 88 valence electrons. The Labute approximate surface area is 96.1 Å². The molecule has 1 atom stereocenters. The number of aliphatic hydroxyl groups excluding tert-OH is 1. The van der Waals surface area contributed by atoms with E-state index in [9.17, 15) is 9.90 Å². The molecule has 1 aromatic rings. The maximum Gasteiger partial charge on any atom is 0.338 e. The molecule has 0 aliphatic rings. The van der Waals surface area contributed by atoms with Crippen molar-refractivity contribution in [2.24, 2.45) is 0 Å². The van der Waals surface area contributed by atoms with Gasteiger partial charge < -0.3 is 9.84 Å². The molecule has 3 heteroatoms. The minimum absolute atomic E-state index is 0.290. The summed E-state index contributed by atoms with van der Waals surface area (Å²) in [6.07, 6.45) is 1.16. The van der Waals surface area contributed by atoms with Crippen LogP contribution in [0.3, 0.4) is 0 Å². The number of hydrogen-bond donors (Lipinski definition) is 1. The number of benzene rings is 1. The highest BCUT2D eigenvalue weighted by Crippen LogP contribution is 2.10. The molecule has 0 heterocycles. The average Bonchev–Trinajstić information content (AvgIpc) is 2.27. The Morgan fingerprint density at radius 3 is 2.88 bits per heavy atom. The molecule has 0 saturated heterocycles. The van der Waals surface area contributed by atoms with Crippen molar-refractivity contribution in [1.82, 2.24) is 0 Å². The fourth-order valence-corrected chi connectivity index (χ4v) is 1.44. The molecule has 0 radical (unpaired) electrons. The van der Waals surface area contributed by atoms with Crippen molar-refractivity contribution in [3.63, 3.8) is 0 Å². The molecule has 0 amide bonds. The lowest BCUT2D eigenvalue weighted by molar-refractivity contribution is 0.0526. The molecule has 0 aliphatic heterocycles. The van der Waals surface area contributed by atoms with Crippen molar-refractivity contribution in [3.05, 3.63) is 35.4 Å². The Balaban J connectivity index is 2.67. The monoisotopic (exact) mass is 222 g/mol. The highest BCUT2D eigenvalue weighted by atomic mass is 16.5. The predicted octanol–water partition coefficient (Wildman–Crippen LogP) is 2.18. The van der Waals surface area contributed by atoms with Gasteiger partial charge in [0.05, 0.1) is 18.3 Å². The smallest absolute Gasteiger partial charge is 0.338 e. The number of rotatable bonds is 5. The summed E-state index contributed by atoms with van der Waals surface area (Å²) >= 11 is 0. The van der Waals surface area contributed by atoms with Gasteiger partial charge in [-0.05, 0) is 44.4 Å². The van der Waals surface area contributed by atoms with Crippen molar-refractivity contribution in [2.45, 2.75) is 32.8 Å². The van der Waals surface area contributed by atoms with Crippen LogP contribution in [0.5, 0.6) is 0 Å². The van der Waals surface area contributed by atoms with Crippen LogP contribution in [0.1, 0.15) is 36.2 Å². The van der Waals surface area contributed by atoms with Gasteiger partial charge in [0, 0.05) is 0 Å². The van der Waals surface area contributed by atoms with Crippen LogP contribution in [-0.4, -0.2) is 23.8 Å². The van der Waals surface area contributed by atoms with E-state index in [1.54, 1.807) is 19.9 Å². The number of esters is 1. The first kappa shape index (κ1) is 12.7. The Bertz CT molecular complexity index is 345. The van der Waals surface area contributed by atoms with Crippen LogP contribution in [0.4, 0.5) is 0 Å². The summed E-state index contributed by atoms with van der Waals surface area (Å²) < 4.78 is 4.92. The maximum atomic E-state index is 11.5. The van der Waals surface area contributed by atoms with E-state index >= 15 is 0 Å². The lowest BCUT2D eigenvalue weighted by Crippen LogP contribution is -2.06. The molecule has 0 fully saturated rings. The van der Waals surface area contributed by atoms with Gasteiger partial charge >= 0.3 is 5.97 Å². The molecule has 16 heavy (non-hydrogen) atoms. The van der Waals surface area contributed by atoms with Crippen LogP contribution in [0.2, 0.25) is 0 Å². The van der Waals surface area contributed by atoms with Crippen molar-refractivity contribution in [2.75, 3.05) is 6.61 Å². The van der Waals surface area contributed by atoms with Gasteiger partial charge in [-0.1, -0.05) is 12.1 Å². The molecule has 3 nitrogen and oxygen atoms in total. The largest absolute Gasteiger partial charge is 0.462 e. The minimum Gasteiger partial charge on any atom is -0.462 e. The lowest BCUT2D eigenvalue weighted by Gasteiger charge is -2.06. The van der Waals surface area contributed by atoms with Crippen molar-refractivity contribution in [3.8, 4) is 0 Å². The maximum absolute atomic E-state index is 11.5. The SMILES string of the molecule is CCOC(=O)c1cccc(CCC(C)O)c1. The number of aryl methyl sites for hydroxylation is 1. The van der Waals surface area contributed by atoms with Crippen molar-refractivity contribution >= 4 is 5.97 Å². The summed E-state index contributed by atoms with van der Waals surface area (Å²) in [6.45, 7) is 3.93. The Morgan fingerprint density at radius 1 is 1.50 bits per heavy atom. The quantitative estimate of drug-likeness (QED) is 0.777. The third-order valence-electron chi connectivity index (χ3n) is 2.29. The highest BCUT2D eigenvalue weighted by molar-refractivity contribution is 5.89. The zero-order chi connectivity index (χ0) is 12.0. The Hall–Kier alpha value is -1.35. The summed E-state index contributed by atoms with van der Waals surface area (Å²) in [5, 5.41) is 9.18. The molecule has 0 spiro atoms. The van der Waals surface area contributed by atoms with E-state index in [-0.39, 0.29) is 12.1 Å². The molecule has 1 N–H and O–H groups in total. The molecule has 0 bridgehead atoms. The predicted molar refractivity (Wildman–Crippen MR) is 62.4 cm³/mol. The van der Waals surface area contributed by atoms with Gasteiger partial charge in [0.15, 0.2) is 0 Å². The van der Waals surface area contributed by atoms with Gasteiger partial charge in [0.25, 0.3) is 0 Å². The Kier molecular flexibility index (Phi) is 4.99. The fourth-order valence-electron chi connectivity index (χ4n) is 1.44. The summed E-state index contributed by atoms with van der Waals surface area (Å²) in [5.74, 6) is -0.290. The number of carbonyl (C=O) groups is 1. The first-order chi connectivity index (χ1) is 7.63. The first-order valence-corrected chi connectivity index (χ1v) is 5.57. The average molecular weight is 222 g/mol. The van der Waals surface area contributed by atoms with Crippen LogP contribution >= 0.6 is 0 Å². The van der Waals surface area contributed by atoms with Crippen LogP contribution in [0.25, 0.3) is 0 Å². The Morgan fingerprint density at radius 2 is 2.25 bits per heavy atom. The topological polar surface area (TPSA) is 46.5 Å². The van der Waals surface area contributed by atoms with Gasteiger partial charge in [-0.2, -0.15) is 0 Å². The molecular formula is C13H18O3. The van der Waals surface area contributed by atoms with Crippen LogP contribution in [0.15, 0.2) is 24.3 Å². The molecule has 1 rings (SSSR count). The third-order valence-corrected chi connectivity index (χ3v) is 2.29. The fraction of sp³-hybridized carbons (Fsp3) is 0.462. The summed E-state index contributed by atoms with van der Waals surface area (Å²) in [7, 11) is 0. The van der Waals surface area contributed by atoms with Crippen LogP contribution in [0, 0.1) is 0 Å². The van der Waals surface area contributed by atoms with Gasteiger partial charge in [-0.25, -0.2) is 4.79 Å². The van der Waals surface area contributed by atoms with Crippen molar-refractivity contribution in [1.29, 1.82) is 0 Å². The first-order valence-electron chi connectivity index (χ1n) is 5.57. The zero-order valence-corrected chi connectivity index (χ0v) is 9.77. The standard InChI is InChI=1S/C13H18O3/c1-3-16-13(15)12-6-4-5-11(9-12)8-7-10(2)14/h4-6,9-10,14H,3,7-8H2,1-2H3. The van der Waals surface area contributed by atoms with E-state index < -0.39 is 0 Å². The number of carbonyl (C=O) groups excluding carboxylic acids is 1. The second kappa shape index (κ2) is 6.28. The molecule has 0 aliphatic carbocycles. The van der Waals surface area contributed by atoms with Gasteiger partial charge in [-0.15, -0.1) is 0 Å². The van der Waals surface area contributed by atoms with E-state index in [0.717, 1.165) is 12.0 Å². The summed E-state index contributed by atoms with van der Waals surface area (Å²) in [5.41, 5.74) is 1.62. The third kappa shape index (κ3) is 4.03. The van der Waals surface area contributed by atoms with Crippen LogP contribution in [-0.2, 0) is 11.2 Å².